The summed E-state index contributed by atoms with van der Waals surface area (Å²) >= 11 is 0. The zero-order valence-electron chi connectivity index (χ0n) is 22.1. The van der Waals surface area contributed by atoms with Gasteiger partial charge in [-0.15, -0.1) is 0 Å². The van der Waals surface area contributed by atoms with Crippen molar-refractivity contribution in [2.45, 2.75) is 39.2 Å². The molecule has 0 spiro atoms. The lowest BCUT2D eigenvalue weighted by Crippen LogP contribution is -2.54. The van der Waals surface area contributed by atoms with Gasteiger partial charge < -0.3 is 9.30 Å². The second-order valence-corrected chi connectivity index (χ2v) is 9.67. The van der Waals surface area contributed by atoms with Crippen LogP contribution in [0.15, 0.2) is 90.6 Å². The Balaban J connectivity index is 1.39. The number of carbonyl (C=O) groups is 3. The fourth-order valence-electron chi connectivity index (χ4n) is 4.75. The maximum Gasteiger partial charge on any atom is 0.335 e. The minimum absolute atomic E-state index is 0.0871. The quantitative estimate of drug-likeness (QED) is 0.159. The first-order valence-corrected chi connectivity index (χ1v) is 13.2. The number of fused-ring (bicyclic) bond motifs is 1. The third-order valence-corrected chi connectivity index (χ3v) is 7.11. The van der Waals surface area contributed by atoms with Crippen LogP contribution in [0.25, 0.3) is 17.0 Å². The first-order valence-electron chi connectivity index (χ1n) is 13.2. The van der Waals surface area contributed by atoms with E-state index in [2.05, 4.69) is 23.7 Å². The number of aromatic nitrogens is 1. The summed E-state index contributed by atoms with van der Waals surface area (Å²) < 4.78 is 7.92. The zero-order valence-corrected chi connectivity index (χ0v) is 22.1. The average Bonchev–Trinajstić information content (AvgIpc) is 3.31. The molecule has 5 rings (SSSR count). The molecule has 1 N–H and O–H groups in total. The number of rotatable bonds is 9. The van der Waals surface area contributed by atoms with Gasteiger partial charge in [-0.2, -0.15) is 0 Å². The van der Waals surface area contributed by atoms with Crippen LogP contribution in [-0.4, -0.2) is 29.0 Å². The molecule has 0 bridgehead atoms. The van der Waals surface area contributed by atoms with Crippen LogP contribution in [0.1, 0.15) is 43.7 Å². The van der Waals surface area contributed by atoms with Gasteiger partial charge in [-0.1, -0.05) is 62.4 Å². The van der Waals surface area contributed by atoms with Crippen LogP contribution < -0.4 is 15.0 Å². The van der Waals surface area contributed by atoms with E-state index in [1.54, 1.807) is 18.2 Å². The third-order valence-electron chi connectivity index (χ3n) is 7.11. The Labute approximate surface area is 227 Å². The van der Waals surface area contributed by atoms with E-state index in [1.165, 1.54) is 0 Å². The highest BCUT2D eigenvalue weighted by Gasteiger charge is 2.37. The zero-order chi connectivity index (χ0) is 27.4. The van der Waals surface area contributed by atoms with Gasteiger partial charge in [-0.3, -0.25) is 14.9 Å². The van der Waals surface area contributed by atoms with E-state index in [-0.39, 0.29) is 5.57 Å². The van der Waals surface area contributed by atoms with E-state index in [4.69, 9.17) is 4.74 Å². The second kappa shape index (κ2) is 11.4. The number of carbonyl (C=O) groups excluding carboxylic acids is 3. The van der Waals surface area contributed by atoms with Crippen LogP contribution in [0.5, 0.6) is 5.75 Å². The van der Waals surface area contributed by atoms with Gasteiger partial charge in [0.15, 0.2) is 0 Å². The summed E-state index contributed by atoms with van der Waals surface area (Å²) in [7, 11) is 0. The molecular weight excluding hydrogens is 490 g/mol. The van der Waals surface area contributed by atoms with Crippen LogP contribution in [0.4, 0.5) is 10.5 Å². The third kappa shape index (κ3) is 5.48. The first-order chi connectivity index (χ1) is 19.0. The molecular formula is C32H31N3O4. The van der Waals surface area contributed by atoms with Gasteiger partial charge in [0.05, 0.1) is 12.3 Å². The van der Waals surface area contributed by atoms with Crippen molar-refractivity contribution in [3.05, 3.63) is 102 Å². The first kappa shape index (κ1) is 26.0. The van der Waals surface area contributed by atoms with Gasteiger partial charge >= 0.3 is 6.03 Å². The molecule has 0 saturated carbocycles. The normalized spacial score (nSPS) is 15.6. The lowest BCUT2D eigenvalue weighted by molar-refractivity contribution is -0.122. The highest BCUT2D eigenvalue weighted by molar-refractivity contribution is 6.39. The Bertz CT molecular complexity index is 1540. The molecule has 2 heterocycles. The largest absolute Gasteiger partial charge is 0.494 e. The monoisotopic (exact) mass is 521 g/mol. The summed E-state index contributed by atoms with van der Waals surface area (Å²) in [6.45, 7) is 5.49. The van der Waals surface area contributed by atoms with E-state index in [0.717, 1.165) is 45.5 Å². The van der Waals surface area contributed by atoms with Crippen LogP contribution >= 0.6 is 0 Å². The Hall–Kier alpha value is -4.65. The Morgan fingerprint density at radius 1 is 0.923 bits per heavy atom. The molecule has 1 saturated heterocycles. The molecule has 0 aliphatic carbocycles. The number of aryl methyl sites for hydroxylation is 1. The molecule has 39 heavy (non-hydrogen) atoms. The van der Waals surface area contributed by atoms with E-state index in [1.807, 2.05) is 72.9 Å². The second-order valence-electron chi connectivity index (χ2n) is 9.67. The molecule has 7 heteroatoms. The van der Waals surface area contributed by atoms with Crippen LogP contribution in [0, 0.1) is 0 Å². The number of urea groups is 1. The molecule has 198 valence electrons. The van der Waals surface area contributed by atoms with Crippen LogP contribution in [-0.2, 0) is 16.1 Å². The summed E-state index contributed by atoms with van der Waals surface area (Å²) in [4.78, 5) is 40.0. The number of anilines is 1. The fraction of sp³-hybridized carbons (Fsp3) is 0.219. The van der Waals surface area contributed by atoms with Crippen molar-refractivity contribution in [1.29, 1.82) is 0 Å². The van der Waals surface area contributed by atoms with Gasteiger partial charge in [0, 0.05) is 29.2 Å². The molecule has 0 unspecified atom stereocenters. The van der Waals surface area contributed by atoms with Crippen molar-refractivity contribution in [2.24, 2.45) is 0 Å². The summed E-state index contributed by atoms with van der Waals surface area (Å²) in [5, 5.41) is 3.24. The highest BCUT2D eigenvalue weighted by Crippen LogP contribution is 2.28. The molecule has 0 radical (unpaired) electrons. The van der Waals surface area contributed by atoms with Crippen molar-refractivity contribution < 1.29 is 19.1 Å². The minimum Gasteiger partial charge on any atom is -0.494 e. The highest BCUT2D eigenvalue weighted by atomic mass is 16.5. The Morgan fingerprint density at radius 3 is 2.38 bits per heavy atom. The Morgan fingerprint density at radius 2 is 1.64 bits per heavy atom. The maximum atomic E-state index is 13.5. The smallest absolute Gasteiger partial charge is 0.335 e. The SMILES string of the molecule is CC[C@@H](C)c1ccc(N2C(=O)NC(=O)/C(=C\c3cn(CCCOc4ccccc4)c4ccccc34)C2=O)cc1. The fourth-order valence-corrected chi connectivity index (χ4v) is 4.75. The molecule has 3 aromatic carbocycles. The van der Waals surface area contributed by atoms with Crippen molar-refractivity contribution in [2.75, 3.05) is 11.5 Å². The molecule has 4 aromatic rings. The van der Waals surface area contributed by atoms with Crippen molar-refractivity contribution in [3.8, 4) is 5.75 Å². The van der Waals surface area contributed by atoms with Gasteiger partial charge in [-0.25, -0.2) is 9.69 Å². The number of nitrogens with one attached hydrogen (secondary N) is 1. The van der Waals surface area contributed by atoms with E-state index < -0.39 is 17.8 Å². The lowest BCUT2D eigenvalue weighted by Gasteiger charge is -2.26. The number of hydrogen-bond acceptors (Lipinski definition) is 4. The topological polar surface area (TPSA) is 80.6 Å². The van der Waals surface area contributed by atoms with Crippen molar-refractivity contribution in [3.63, 3.8) is 0 Å². The predicted octanol–water partition coefficient (Wildman–Crippen LogP) is 6.29. The average molecular weight is 522 g/mol. The maximum absolute atomic E-state index is 13.5. The number of hydrogen-bond donors (Lipinski definition) is 1. The molecule has 7 nitrogen and oxygen atoms in total. The minimum atomic E-state index is -0.751. The molecule has 1 fully saturated rings. The van der Waals surface area contributed by atoms with Crippen molar-refractivity contribution in [1.82, 2.24) is 9.88 Å². The summed E-state index contributed by atoms with van der Waals surface area (Å²) in [5.74, 6) is -0.154. The molecule has 1 aliphatic rings. The van der Waals surface area contributed by atoms with E-state index >= 15 is 0 Å². The van der Waals surface area contributed by atoms with Crippen LogP contribution in [0.3, 0.4) is 0 Å². The number of para-hydroxylation sites is 2. The van der Waals surface area contributed by atoms with Gasteiger partial charge in [0.1, 0.15) is 11.3 Å². The summed E-state index contributed by atoms with van der Waals surface area (Å²) in [5.41, 5.74) is 3.18. The standard InChI is InChI=1S/C32H31N3O4/c1-3-22(2)23-14-16-25(17-15-23)35-31(37)28(30(36)33-32(35)38)20-24-21-34(29-13-8-7-12-27(24)29)18-9-19-39-26-10-5-4-6-11-26/h4-8,10-17,20-22H,3,9,18-19H2,1-2H3,(H,33,36,38)/b28-20+/t22-/m1/s1. The lowest BCUT2D eigenvalue weighted by atomic mass is 9.98. The number of amides is 4. The van der Waals surface area contributed by atoms with E-state index in [9.17, 15) is 14.4 Å². The summed E-state index contributed by atoms with van der Waals surface area (Å²) in [6.07, 6.45) is 5.27. The molecule has 1 aliphatic heterocycles. The van der Waals surface area contributed by atoms with Gasteiger partial charge in [-0.05, 0) is 60.7 Å². The molecule has 1 aromatic heterocycles. The molecule has 1 atom stereocenters. The number of ether oxygens (including phenoxy) is 1. The number of imide groups is 2. The number of nitrogens with zero attached hydrogens (tertiary/aromatic N) is 2. The molecule has 4 amide bonds. The number of benzene rings is 3. The Kier molecular flexibility index (Phi) is 7.59. The van der Waals surface area contributed by atoms with E-state index in [0.29, 0.717) is 24.8 Å². The van der Waals surface area contributed by atoms with Crippen LogP contribution in [0.2, 0.25) is 0 Å². The van der Waals surface area contributed by atoms with Gasteiger partial charge in [0.25, 0.3) is 11.8 Å². The van der Waals surface area contributed by atoms with Crippen molar-refractivity contribution >= 4 is 40.5 Å². The predicted molar refractivity (Wildman–Crippen MR) is 153 cm³/mol. The number of barbiturate groups is 1. The summed E-state index contributed by atoms with van der Waals surface area (Å²) in [6, 6.07) is 24.1. The van der Waals surface area contributed by atoms with Gasteiger partial charge in [0.2, 0.25) is 0 Å².